The third-order valence-corrected chi connectivity index (χ3v) is 4.88. The van der Waals surface area contributed by atoms with E-state index < -0.39 is 6.61 Å². The second kappa shape index (κ2) is 14.4. The first-order valence-electron chi connectivity index (χ1n) is 10.3. The number of hydrogen-bond donors (Lipinski definition) is 3. The number of benzene rings is 1. The van der Waals surface area contributed by atoms with E-state index in [9.17, 15) is 13.6 Å². The number of aryl methyl sites for hydroxylation is 1. The quantitative estimate of drug-likeness (QED) is 0.193. The van der Waals surface area contributed by atoms with Crippen LogP contribution in [-0.4, -0.2) is 38.1 Å². The van der Waals surface area contributed by atoms with Gasteiger partial charge in [-0.25, -0.2) is 4.99 Å². The molecule has 0 spiro atoms. The van der Waals surface area contributed by atoms with Gasteiger partial charge < -0.3 is 20.7 Å². The highest BCUT2D eigenvalue weighted by Crippen LogP contribution is 2.24. The lowest BCUT2D eigenvalue weighted by atomic mass is 9.89. The summed E-state index contributed by atoms with van der Waals surface area (Å²) in [6, 6.07) is 5.05. The van der Waals surface area contributed by atoms with Crippen LogP contribution in [0.4, 0.5) is 8.78 Å². The maximum atomic E-state index is 12.6. The zero-order valence-electron chi connectivity index (χ0n) is 17.7. The molecule has 1 saturated carbocycles. The van der Waals surface area contributed by atoms with Crippen molar-refractivity contribution in [1.29, 1.82) is 0 Å². The number of amides is 1. The minimum Gasteiger partial charge on any atom is -0.434 e. The minimum absolute atomic E-state index is 0. The van der Waals surface area contributed by atoms with Crippen LogP contribution in [0.3, 0.4) is 0 Å². The van der Waals surface area contributed by atoms with Gasteiger partial charge in [-0.2, -0.15) is 8.78 Å². The van der Waals surface area contributed by atoms with E-state index in [1.54, 1.807) is 12.1 Å². The van der Waals surface area contributed by atoms with Crippen LogP contribution in [0.1, 0.15) is 50.2 Å². The Morgan fingerprint density at radius 2 is 1.87 bits per heavy atom. The van der Waals surface area contributed by atoms with E-state index >= 15 is 0 Å². The van der Waals surface area contributed by atoms with Crippen molar-refractivity contribution in [1.82, 2.24) is 16.0 Å². The third kappa shape index (κ3) is 9.44. The van der Waals surface area contributed by atoms with Crippen LogP contribution < -0.4 is 20.7 Å². The van der Waals surface area contributed by atoms with Crippen LogP contribution in [0.25, 0.3) is 0 Å². The molecule has 1 aliphatic carbocycles. The molecule has 0 aliphatic heterocycles. The Kier molecular flexibility index (Phi) is 12.6. The molecule has 1 amide bonds. The Morgan fingerprint density at radius 1 is 1.17 bits per heavy atom. The average molecular weight is 538 g/mol. The van der Waals surface area contributed by atoms with Gasteiger partial charge in [-0.15, -0.1) is 24.0 Å². The van der Waals surface area contributed by atoms with Crippen molar-refractivity contribution in [3.63, 3.8) is 0 Å². The van der Waals surface area contributed by atoms with Crippen molar-refractivity contribution in [2.24, 2.45) is 10.9 Å². The molecule has 0 bridgehead atoms. The molecular formula is C21H33F2IN4O2. The van der Waals surface area contributed by atoms with Crippen molar-refractivity contribution in [3.8, 4) is 5.75 Å². The lowest BCUT2D eigenvalue weighted by Gasteiger charge is -2.21. The summed E-state index contributed by atoms with van der Waals surface area (Å²) in [6.45, 7) is 2.85. The first-order valence-corrected chi connectivity index (χ1v) is 10.3. The van der Waals surface area contributed by atoms with Crippen molar-refractivity contribution in [3.05, 3.63) is 29.3 Å². The van der Waals surface area contributed by atoms with Crippen molar-refractivity contribution in [2.75, 3.05) is 19.6 Å². The number of carbonyl (C=O) groups is 1. The number of hydrogen-bond acceptors (Lipinski definition) is 3. The number of nitrogens with zero attached hydrogens (tertiary/aromatic N) is 1. The highest BCUT2D eigenvalue weighted by atomic mass is 127. The number of rotatable bonds is 9. The molecule has 0 aromatic heterocycles. The van der Waals surface area contributed by atoms with E-state index in [1.807, 2.05) is 13.8 Å². The third-order valence-electron chi connectivity index (χ3n) is 4.88. The fraction of sp³-hybridized carbons (Fsp3) is 0.619. The Hall–Kier alpha value is -1.65. The Labute approximate surface area is 194 Å². The highest BCUT2D eigenvalue weighted by molar-refractivity contribution is 14.0. The topological polar surface area (TPSA) is 74.8 Å². The normalized spacial score (nSPS) is 14.8. The van der Waals surface area contributed by atoms with Crippen LogP contribution in [0.5, 0.6) is 5.75 Å². The zero-order chi connectivity index (χ0) is 21.1. The molecule has 3 N–H and O–H groups in total. The lowest BCUT2D eigenvalue weighted by molar-refractivity contribution is -0.125. The second-order valence-corrected chi connectivity index (χ2v) is 7.24. The Balaban J connectivity index is 0.00000450. The molecule has 1 fully saturated rings. The number of alkyl halides is 2. The molecule has 30 heavy (non-hydrogen) atoms. The van der Waals surface area contributed by atoms with Crippen LogP contribution in [0.15, 0.2) is 23.2 Å². The fourth-order valence-corrected chi connectivity index (χ4v) is 3.42. The van der Waals surface area contributed by atoms with E-state index in [-0.39, 0.29) is 48.1 Å². The molecule has 1 aromatic rings. The summed E-state index contributed by atoms with van der Waals surface area (Å²) in [5, 5.41) is 9.25. The first kappa shape index (κ1) is 26.4. The smallest absolute Gasteiger partial charge is 0.387 e. The van der Waals surface area contributed by atoms with Gasteiger partial charge in [0.1, 0.15) is 5.75 Å². The van der Waals surface area contributed by atoms with Gasteiger partial charge in [0.15, 0.2) is 5.96 Å². The van der Waals surface area contributed by atoms with Gasteiger partial charge in [0.2, 0.25) is 5.91 Å². The number of guanidine groups is 1. The van der Waals surface area contributed by atoms with Gasteiger partial charge in [-0.1, -0.05) is 37.0 Å². The first-order chi connectivity index (χ1) is 14.0. The number of carbonyl (C=O) groups excluding carboxylic acids is 1. The second-order valence-electron chi connectivity index (χ2n) is 7.24. The van der Waals surface area contributed by atoms with Gasteiger partial charge >= 0.3 is 6.61 Å². The maximum Gasteiger partial charge on any atom is 0.387 e. The van der Waals surface area contributed by atoms with E-state index in [4.69, 9.17) is 0 Å². The number of ether oxygens (including phenoxy) is 1. The molecule has 170 valence electrons. The maximum absolute atomic E-state index is 12.6. The zero-order valence-corrected chi connectivity index (χ0v) is 20.0. The van der Waals surface area contributed by atoms with Crippen LogP contribution in [-0.2, 0) is 11.3 Å². The molecule has 1 aliphatic rings. The number of halogens is 3. The monoisotopic (exact) mass is 538 g/mol. The van der Waals surface area contributed by atoms with Gasteiger partial charge in [-0.3, -0.25) is 4.79 Å². The molecule has 2 rings (SSSR count). The summed E-state index contributed by atoms with van der Waals surface area (Å²) in [5.74, 6) is 0.955. The summed E-state index contributed by atoms with van der Waals surface area (Å²) in [7, 11) is 0. The van der Waals surface area contributed by atoms with Crippen LogP contribution in [0.2, 0.25) is 0 Å². The molecule has 0 heterocycles. The molecule has 0 unspecified atom stereocenters. The molecule has 1 aromatic carbocycles. The van der Waals surface area contributed by atoms with Crippen LogP contribution in [0, 0.1) is 12.8 Å². The van der Waals surface area contributed by atoms with Gasteiger partial charge in [0.05, 0.1) is 6.54 Å². The van der Waals surface area contributed by atoms with E-state index in [0.29, 0.717) is 31.2 Å². The van der Waals surface area contributed by atoms with E-state index in [2.05, 4.69) is 25.7 Å². The number of nitrogens with one attached hydrogen (secondary N) is 3. The highest BCUT2D eigenvalue weighted by Gasteiger charge is 2.20. The van der Waals surface area contributed by atoms with Gasteiger partial charge in [0.25, 0.3) is 0 Å². The standard InChI is InChI=1S/C21H32F2N4O2.HI/c1-3-24-21(26-12-11-25-19(28)16-7-5-4-6-8-16)27-14-17-13-15(2)9-10-18(17)29-20(22)23;/h9-10,13,16,20H,3-8,11-12,14H2,1-2H3,(H,25,28)(H2,24,26,27);1H. The molecule has 0 atom stereocenters. The lowest BCUT2D eigenvalue weighted by Crippen LogP contribution is -2.42. The molecular weight excluding hydrogens is 505 g/mol. The minimum atomic E-state index is -2.88. The molecule has 9 heteroatoms. The summed E-state index contributed by atoms with van der Waals surface area (Å²) in [4.78, 5) is 16.6. The predicted octanol–water partition coefficient (Wildman–Crippen LogP) is 3.97. The molecule has 0 radical (unpaired) electrons. The predicted molar refractivity (Wildman–Crippen MR) is 126 cm³/mol. The average Bonchev–Trinajstić information content (AvgIpc) is 2.71. The largest absolute Gasteiger partial charge is 0.434 e. The SMILES string of the molecule is CCNC(=NCc1cc(C)ccc1OC(F)F)NCCNC(=O)C1CCCCC1.I. The molecule has 0 saturated heterocycles. The Morgan fingerprint density at radius 3 is 2.53 bits per heavy atom. The Bertz CT molecular complexity index is 683. The van der Waals surface area contributed by atoms with Gasteiger partial charge in [0, 0.05) is 31.1 Å². The van der Waals surface area contributed by atoms with E-state index in [1.165, 1.54) is 12.5 Å². The van der Waals surface area contributed by atoms with E-state index in [0.717, 1.165) is 31.2 Å². The fourth-order valence-electron chi connectivity index (χ4n) is 3.42. The summed E-state index contributed by atoms with van der Waals surface area (Å²) in [5.41, 5.74) is 1.54. The van der Waals surface area contributed by atoms with Gasteiger partial charge in [-0.05, 0) is 32.8 Å². The summed E-state index contributed by atoms with van der Waals surface area (Å²) >= 11 is 0. The molecule has 6 nitrogen and oxygen atoms in total. The van der Waals surface area contributed by atoms with Crippen molar-refractivity contribution >= 4 is 35.8 Å². The van der Waals surface area contributed by atoms with Crippen molar-refractivity contribution < 1.29 is 18.3 Å². The van der Waals surface area contributed by atoms with Crippen molar-refractivity contribution in [2.45, 2.75) is 59.1 Å². The summed E-state index contributed by atoms with van der Waals surface area (Å²) < 4.78 is 29.8. The summed E-state index contributed by atoms with van der Waals surface area (Å²) in [6.07, 6.45) is 5.43. The number of aliphatic imine (C=N–C) groups is 1. The van der Waals surface area contributed by atoms with Crippen LogP contribution >= 0.6 is 24.0 Å².